The first-order valence-electron chi connectivity index (χ1n) is 32.8. The van der Waals surface area contributed by atoms with E-state index >= 15 is 0 Å². The van der Waals surface area contributed by atoms with Gasteiger partial charge in [-0.2, -0.15) is 0 Å². The molecule has 0 unspecified atom stereocenters. The minimum atomic E-state index is -0.354. The van der Waals surface area contributed by atoms with Crippen LogP contribution in [0.2, 0.25) is 0 Å². The molecule has 2 aliphatic heterocycles. The predicted octanol–water partition coefficient (Wildman–Crippen LogP) is 21.5. The summed E-state index contributed by atoms with van der Waals surface area (Å²) in [4.78, 5) is 0. The minimum absolute atomic E-state index is 0.166. The van der Waals surface area contributed by atoms with Gasteiger partial charge < -0.3 is 9.13 Å². The minimum Gasteiger partial charge on any atom is -0.310 e. The molecule has 0 saturated carbocycles. The largest absolute Gasteiger partial charge is 0.310 e. The van der Waals surface area contributed by atoms with Gasteiger partial charge in [0.05, 0.1) is 16.6 Å². The van der Waals surface area contributed by atoms with E-state index in [0.717, 1.165) is 0 Å². The van der Waals surface area contributed by atoms with Gasteiger partial charge in [0.1, 0.15) is 0 Å². The molecule has 19 rings (SSSR count). The summed E-state index contributed by atoms with van der Waals surface area (Å²) in [5, 5.41) is 12.7. The van der Waals surface area contributed by atoms with E-state index in [9.17, 15) is 0 Å². The molecule has 3 heteroatoms. The van der Waals surface area contributed by atoms with E-state index in [-0.39, 0.29) is 17.5 Å². The Kier molecular flexibility index (Phi) is 11.6. The fourth-order valence-corrected chi connectivity index (χ4v) is 16.8. The first kappa shape index (κ1) is 53.6. The average molecular weight is 1180 g/mol. The normalized spacial score (nSPS) is 12.7. The van der Waals surface area contributed by atoms with Gasteiger partial charge in [0.2, 0.25) is 0 Å². The van der Waals surface area contributed by atoms with Gasteiger partial charge in [-0.25, -0.2) is 0 Å². The van der Waals surface area contributed by atoms with E-state index in [1.54, 1.807) is 0 Å². The van der Waals surface area contributed by atoms with Crippen molar-refractivity contribution in [1.82, 2.24) is 9.13 Å². The van der Waals surface area contributed by atoms with Gasteiger partial charge in [0, 0.05) is 54.7 Å². The number of benzene rings is 15. The monoisotopic (exact) mass is 1180 g/mol. The van der Waals surface area contributed by atoms with Crippen LogP contribution < -0.4 is 16.4 Å². The van der Waals surface area contributed by atoms with Crippen LogP contribution in [0.5, 0.6) is 0 Å². The second kappa shape index (κ2) is 20.1. The quantitative estimate of drug-likeness (QED) is 0.101. The Bertz CT molecular complexity index is 5900. The number of nitrogens with zero attached hydrogens (tertiary/aromatic N) is 2. The van der Waals surface area contributed by atoms with E-state index in [0.29, 0.717) is 0 Å². The third-order valence-corrected chi connectivity index (χ3v) is 21.5. The number of hydrogen-bond acceptors (Lipinski definition) is 0. The van der Waals surface area contributed by atoms with Gasteiger partial charge in [-0.1, -0.05) is 295 Å². The maximum Gasteiger partial charge on any atom is 0.252 e. The lowest BCUT2D eigenvalue weighted by Crippen LogP contribution is -2.59. The van der Waals surface area contributed by atoms with Crippen molar-refractivity contribution in [3.05, 3.63) is 332 Å². The number of fused-ring (bicyclic) bond motifs is 17. The standard InChI is InChI=1S/C90H63BN2/c1-89(2,61-33-16-8-17-34-61)63-46-48-79-73(52-63)75-53-64(90(3,4)62-35-18-9-19-36-62)54-77-87(75)92(79)81-50-60(83-67(57-29-12-6-13-30-57)43-26-44-68(83)58-31-14-7-15-32-58)51-82-86(81)91(77)78-55-74-71-41-23-22-39-69(71)70-40-24-25-42-72(70)84(74)85-76-49-59(45-47-80(76)93(82)88(78)85)66-38-21-20-37-65(66)56-27-10-5-11-28-56/h5-55H,1-4H3. The Balaban J connectivity index is 1.02. The highest BCUT2D eigenvalue weighted by Crippen LogP contribution is 2.50. The van der Waals surface area contributed by atoms with Crippen molar-refractivity contribution in [2.24, 2.45) is 0 Å². The van der Waals surface area contributed by atoms with E-state index in [2.05, 4.69) is 346 Å². The van der Waals surface area contributed by atoms with Gasteiger partial charge in [0.25, 0.3) is 6.71 Å². The molecule has 4 heterocycles. The first-order chi connectivity index (χ1) is 45.7. The Morgan fingerprint density at radius 2 is 0.699 bits per heavy atom. The summed E-state index contributed by atoms with van der Waals surface area (Å²) in [5.74, 6) is 0. The summed E-state index contributed by atoms with van der Waals surface area (Å²) >= 11 is 0. The molecule has 2 aromatic heterocycles. The molecular formula is C90H63BN2. The average Bonchev–Trinajstić information content (AvgIpc) is 1.61. The molecule has 0 spiro atoms. The smallest absolute Gasteiger partial charge is 0.252 e. The van der Waals surface area contributed by atoms with Crippen molar-refractivity contribution in [2.45, 2.75) is 38.5 Å². The maximum atomic E-state index is 2.72. The van der Waals surface area contributed by atoms with Crippen LogP contribution in [0.4, 0.5) is 0 Å². The van der Waals surface area contributed by atoms with Gasteiger partial charge in [-0.15, -0.1) is 0 Å². The van der Waals surface area contributed by atoms with Crippen LogP contribution in [0.1, 0.15) is 49.9 Å². The van der Waals surface area contributed by atoms with E-state index in [1.807, 2.05) is 0 Å². The molecule has 436 valence electrons. The van der Waals surface area contributed by atoms with Crippen LogP contribution in [-0.2, 0) is 10.8 Å². The summed E-state index contributed by atoms with van der Waals surface area (Å²) in [6.07, 6.45) is 0. The predicted molar refractivity (Wildman–Crippen MR) is 397 cm³/mol. The van der Waals surface area contributed by atoms with Crippen LogP contribution in [0.25, 0.3) is 143 Å². The van der Waals surface area contributed by atoms with Crippen molar-refractivity contribution in [3.8, 4) is 67.0 Å². The molecule has 0 saturated heterocycles. The van der Waals surface area contributed by atoms with Crippen LogP contribution >= 0.6 is 0 Å². The van der Waals surface area contributed by atoms with Gasteiger partial charge >= 0.3 is 0 Å². The number of aromatic nitrogens is 2. The fraction of sp³-hybridized carbons (Fsp3) is 0.0667. The van der Waals surface area contributed by atoms with Crippen LogP contribution in [-0.4, -0.2) is 15.8 Å². The van der Waals surface area contributed by atoms with Crippen molar-refractivity contribution >= 4 is 99.0 Å². The molecule has 0 fully saturated rings. The molecule has 0 bridgehead atoms. The zero-order valence-corrected chi connectivity index (χ0v) is 52.4. The zero-order chi connectivity index (χ0) is 61.8. The van der Waals surface area contributed by atoms with Crippen molar-refractivity contribution < 1.29 is 0 Å². The lowest BCUT2D eigenvalue weighted by molar-refractivity contribution is 0.641. The van der Waals surface area contributed by atoms with Gasteiger partial charge in [0.15, 0.2) is 0 Å². The van der Waals surface area contributed by atoms with Crippen LogP contribution in [0.3, 0.4) is 0 Å². The molecule has 2 nitrogen and oxygen atoms in total. The lowest BCUT2D eigenvalue weighted by Gasteiger charge is -2.36. The SMILES string of the molecule is CC(C)(c1ccccc1)c1ccc2c(c1)c1cc(C(C)(C)c3ccccc3)cc3c1n2-c1cc(-c2c(-c4ccccc4)cccc2-c2ccccc2)cc2c1B3c1cc3c4ccccc4c4ccccc4c3c3c4cc(-c5ccccc5-c5ccccc5)ccc4n-2c13. The van der Waals surface area contributed by atoms with Gasteiger partial charge in [-0.3, -0.25) is 0 Å². The highest BCUT2D eigenvalue weighted by atomic mass is 15.0. The summed E-state index contributed by atoms with van der Waals surface area (Å²) in [6, 6.07) is 117. The van der Waals surface area contributed by atoms with Crippen molar-refractivity contribution in [1.29, 1.82) is 0 Å². The van der Waals surface area contributed by atoms with Crippen LogP contribution in [0.15, 0.2) is 309 Å². The Hall–Kier alpha value is -11.3. The summed E-state index contributed by atoms with van der Waals surface area (Å²) in [7, 11) is 0. The van der Waals surface area contributed by atoms with E-state index in [4.69, 9.17) is 0 Å². The molecule has 17 aromatic rings. The Labute approximate surface area is 542 Å². The highest BCUT2D eigenvalue weighted by Gasteiger charge is 2.44. The third kappa shape index (κ3) is 7.78. The van der Waals surface area contributed by atoms with E-state index < -0.39 is 0 Å². The molecule has 0 aliphatic carbocycles. The van der Waals surface area contributed by atoms with Gasteiger partial charge in [-0.05, 0) is 164 Å². The molecule has 0 amide bonds. The second-order valence-electron chi connectivity index (χ2n) is 27.0. The summed E-state index contributed by atoms with van der Waals surface area (Å²) in [5.41, 5.74) is 27.9. The zero-order valence-electron chi connectivity index (χ0n) is 52.4. The third-order valence-electron chi connectivity index (χ3n) is 21.5. The topological polar surface area (TPSA) is 9.86 Å². The lowest BCUT2D eigenvalue weighted by atomic mass is 9.34. The van der Waals surface area contributed by atoms with Crippen LogP contribution in [0, 0.1) is 0 Å². The van der Waals surface area contributed by atoms with Crippen molar-refractivity contribution in [3.63, 3.8) is 0 Å². The molecule has 93 heavy (non-hydrogen) atoms. The molecule has 0 radical (unpaired) electrons. The second-order valence-corrected chi connectivity index (χ2v) is 27.0. The Morgan fingerprint density at radius 1 is 0.258 bits per heavy atom. The number of hydrogen-bond donors (Lipinski definition) is 0. The first-order valence-corrected chi connectivity index (χ1v) is 32.8. The molecular weight excluding hydrogens is 1120 g/mol. The highest BCUT2D eigenvalue weighted by molar-refractivity contribution is 7.00. The molecule has 0 N–H and O–H groups in total. The van der Waals surface area contributed by atoms with E-state index in [1.165, 1.54) is 182 Å². The fourth-order valence-electron chi connectivity index (χ4n) is 16.8. The Morgan fingerprint density at radius 3 is 1.30 bits per heavy atom. The molecule has 2 aliphatic rings. The summed E-state index contributed by atoms with van der Waals surface area (Å²) in [6.45, 7) is 9.47. The van der Waals surface area contributed by atoms with Crippen molar-refractivity contribution in [2.75, 3.05) is 0 Å². The molecule has 15 aromatic carbocycles. The maximum absolute atomic E-state index is 2.72. The number of rotatable bonds is 9. The molecule has 0 atom stereocenters. The summed E-state index contributed by atoms with van der Waals surface area (Å²) < 4.78 is 5.41.